The van der Waals surface area contributed by atoms with E-state index in [1.165, 1.54) is 11.1 Å². The molecule has 3 heteroatoms. The van der Waals surface area contributed by atoms with E-state index in [0.717, 1.165) is 42.6 Å². The van der Waals surface area contributed by atoms with E-state index in [2.05, 4.69) is 32.9 Å². The molecule has 1 aromatic carbocycles. The van der Waals surface area contributed by atoms with Crippen molar-refractivity contribution < 1.29 is 14.3 Å². The largest absolute Gasteiger partial charge is 0.497 e. The van der Waals surface area contributed by atoms with Gasteiger partial charge >= 0.3 is 5.97 Å². The maximum atomic E-state index is 12.1. The van der Waals surface area contributed by atoms with E-state index in [-0.39, 0.29) is 12.1 Å². The van der Waals surface area contributed by atoms with E-state index in [0.29, 0.717) is 0 Å². The summed E-state index contributed by atoms with van der Waals surface area (Å²) >= 11 is 0. The fourth-order valence-corrected chi connectivity index (χ4v) is 2.78. The molecule has 134 valence electrons. The Labute approximate surface area is 151 Å². The third-order valence-electron chi connectivity index (χ3n) is 4.29. The quantitative estimate of drug-likeness (QED) is 0.450. The number of cyclic esters (lactones) is 1. The SMILES string of the molecule is COc1ccc([C@@H]2C=C(CC/C=C(\C)CCC=C(C)C)C(=O)O2)cc1. The van der Waals surface area contributed by atoms with Crippen molar-refractivity contribution in [1.29, 1.82) is 0 Å². The van der Waals surface area contributed by atoms with Crippen molar-refractivity contribution >= 4 is 5.97 Å². The molecule has 0 aromatic heterocycles. The Morgan fingerprint density at radius 1 is 1.12 bits per heavy atom. The molecule has 1 aliphatic rings. The molecule has 25 heavy (non-hydrogen) atoms. The normalized spacial score (nSPS) is 17.1. The van der Waals surface area contributed by atoms with Crippen LogP contribution in [0, 0.1) is 0 Å². The van der Waals surface area contributed by atoms with Crippen LogP contribution in [0.5, 0.6) is 5.75 Å². The topological polar surface area (TPSA) is 35.5 Å². The smallest absolute Gasteiger partial charge is 0.334 e. The first-order valence-electron chi connectivity index (χ1n) is 8.84. The zero-order chi connectivity index (χ0) is 18.2. The van der Waals surface area contributed by atoms with Gasteiger partial charge in [-0.15, -0.1) is 0 Å². The summed E-state index contributed by atoms with van der Waals surface area (Å²) in [6.07, 6.45) is 9.90. The minimum absolute atomic E-state index is 0.198. The number of carbonyl (C=O) groups is 1. The number of esters is 1. The number of methoxy groups -OCH3 is 1. The van der Waals surface area contributed by atoms with Gasteiger partial charge < -0.3 is 9.47 Å². The summed E-state index contributed by atoms with van der Waals surface area (Å²) in [5.41, 5.74) is 4.47. The Morgan fingerprint density at radius 2 is 1.84 bits per heavy atom. The maximum absolute atomic E-state index is 12.1. The van der Waals surface area contributed by atoms with Gasteiger partial charge in [-0.2, -0.15) is 0 Å². The number of benzene rings is 1. The van der Waals surface area contributed by atoms with Crippen molar-refractivity contribution in [2.24, 2.45) is 0 Å². The molecule has 0 amide bonds. The number of ether oxygens (including phenoxy) is 2. The van der Waals surface area contributed by atoms with Crippen LogP contribution in [-0.4, -0.2) is 13.1 Å². The van der Waals surface area contributed by atoms with Crippen LogP contribution in [0.15, 0.2) is 59.2 Å². The lowest BCUT2D eigenvalue weighted by atomic mass is 10.0. The average Bonchev–Trinajstić information content (AvgIpc) is 2.95. The van der Waals surface area contributed by atoms with Crippen molar-refractivity contribution in [2.75, 3.05) is 7.11 Å². The molecule has 1 atom stereocenters. The summed E-state index contributed by atoms with van der Waals surface area (Å²) in [7, 11) is 1.64. The van der Waals surface area contributed by atoms with Gasteiger partial charge in [0.15, 0.2) is 0 Å². The first-order valence-corrected chi connectivity index (χ1v) is 8.84. The van der Waals surface area contributed by atoms with Gasteiger partial charge in [0.1, 0.15) is 11.9 Å². The Hall–Kier alpha value is -2.29. The molecule has 0 bridgehead atoms. The van der Waals surface area contributed by atoms with Crippen molar-refractivity contribution in [1.82, 2.24) is 0 Å². The fourth-order valence-electron chi connectivity index (χ4n) is 2.78. The summed E-state index contributed by atoms with van der Waals surface area (Å²) in [6, 6.07) is 7.63. The number of carbonyl (C=O) groups excluding carboxylic acids is 1. The molecule has 0 spiro atoms. The predicted molar refractivity (Wildman–Crippen MR) is 102 cm³/mol. The summed E-state index contributed by atoms with van der Waals surface area (Å²) in [6.45, 7) is 6.40. The third-order valence-corrected chi connectivity index (χ3v) is 4.29. The Morgan fingerprint density at radius 3 is 2.48 bits per heavy atom. The first-order chi connectivity index (χ1) is 12.0. The van der Waals surface area contributed by atoms with Crippen LogP contribution in [0.25, 0.3) is 0 Å². The molecule has 1 aromatic rings. The number of allylic oxidation sites excluding steroid dienone is 4. The lowest BCUT2D eigenvalue weighted by Gasteiger charge is -2.08. The monoisotopic (exact) mass is 340 g/mol. The summed E-state index contributed by atoms with van der Waals surface area (Å²) in [5.74, 6) is 0.599. The second-order valence-electron chi connectivity index (χ2n) is 6.70. The minimum Gasteiger partial charge on any atom is -0.497 e. The van der Waals surface area contributed by atoms with Gasteiger partial charge in [-0.25, -0.2) is 4.79 Å². The molecule has 2 rings (SSSR count). The number of hydrogen-bond donors (Lipinski definition) is 0. The van der Waals surface area contributed by atoms with Gasteiger partial charge in [0.25, 0.3) is 0 Å². The van der Waals surface area contributed by atoms with E-state index < -0.39 is 0 Å². The van der Waals surface area contributed by atoms with Crippen LogP contribution in [-0.2, 0) is 9.53 Å². The summed E-state index contributed by atoms with van der Waals surface area (Å²) in [5, 5.41) is 0. The highest BCUT2D eigenvalue weighted by Gasteiger charge is 2.25. The van der Waals surface area contributed by atoms with Gasteiger partial charge in [-0.3, -0.25) is 0 Å². The van der Waals surface area contributed by atoms with Crippen LogP contribution in [0.2, 0.25) is 0 Å². The summed E-state index contributed by atoms with van der Waals surface area (Å²) < 4.78 is 10.6. The number of hydrogen-bond acceptors (Lipinski definition) is 3. The zero-order valence-electron chi connectivity index (χ0n) is 15.7. The Kier molecular flexibility index (Phi) is 7.05. The Bertz CT molecular complexity index is 674. The average molecular weight is 340 g/mol. The molecule has 0 N–H and O–H groups in total. The van der Waals surface area contributed by atoms with E-state index in [1.807, 2.05) is 30.3 Å². The fraction of sp³-hybridized carbons (Fsp3) is 0.409. The van der Waals surface area contributed by atoms with Crippen molar-refractivity contribution in [3.63, 3.8) is 0 Å². The van der Waals surface area contributed by atoms with Gasteiger partial charge in [0.05, 0.1) is 7.11 Å². The van der Waals surface area contributed by atoms with E-state index in [4.69, 9.17) is 9.47 Å². The molecule has 0 saturated heterocycles. The van der Waals surface area contributed by atoms with Crippen molar-refractivity contribution in [3.8, 4) is 5.75 Å². The predicted octanol–water partition coefficient (Wildman–Crippen LogP) is 5.69. The first kappa shape index (κ1) is 19.0. The third kappa shape index (κ3) is 5.93. The lowest BCUT2D eigenvalue weighted by molar-refractivity contribution is -0.140. The van der Waals surface area contributed by atoms with Gasteiger partial charge in [-0.1, -0.05) is 35.4 Å². The van der Waals surface area contributed by atoms with Gasteiger partial charge in [-0.05, 0) is 70.2 Å². The second kappa shape index (κ2) is 9.26. The highest BCUT2D eigenvalue weighted by atomic mass is 16.5. The number of rotatable bonds is 8. The van der Waals surface area contributed by atoms with Crippen LogP contribution >= 0.6 is 0 Å². The summed E-state index contributed by atoms with van der Waals surface area (Å²) in [4.78, 5) is 12.1. The lowest BCUT2D eigenvalue weighted by Crippen LogP contribution is -2.02. The molecule has 1 heterocycles. The molecule has 0 aliphatic carbocycles. The van der Waals surface area contributed by atoms with E-state index >= 15 is 0 Å². The van der Waals surface area contributed by atoms with Gasteiger partial charge in [0.2, 0.25) is 0 Å². The second-order valence-corrected chi connectivity index (χ2v) is 6.70. The zero-order valence-corrected chi connectivity index (χ0v) is 15.7. The molecule has 0 saturated carbocycles. The highest BCUT2D eigenvalue weighted by Crippen LogP contribution is 2.30. The van der Waals surface area contributed by atoms with Crippen molar-refractivity contribution in [2.45, 2.75) is 52.6 Å². The van der Waals surface area contributed by atoms with Crippen molar-refractivity contribution in [3.05, 3.63) is 64.8 Å². The maximum Gasteiger partial charge on any atom is 0.334 e. The molecular formula is C22H28O3. The molecule has 1 aliphatic heterocycles. The van der Waals surface area contributed by atoms with Crippen LogP contribution in [0.3, 0.4) is 0 Å². The Balaban J connectivity index is 1.88. The van der Waals surface area contributed by atoms with Crippen LogP contribution in [0.1, 0.15) is 58.1 Å². The molecule has 0 unspecified atom stereocenters. The van der Waals surface area contributed by atoms with E-state index in [9.17, 15) is 4.79 Å². The van der Waals surface area contributed by atoms with Crippen LogP contribution < -0.4 is 4.74 Å². The molecule has 3 nitrogen and oxygen atoms in total. The van der Waals surface area contributed by atoms with E-state index in [1.54, 1.807) is 7.11 Å². The molecule has 0 radical (unpaired) electrons. The highest BCUT2D eigenvalue weighted by molar-refractivity contribution is 5.91. The standard InChI is InChI=1S/C22H28O3/c1-16(2)7-5-8-17(3)9-6-10-19-15-21(25-22(19)23)18-11-13-20(24-4)14-12-18/h7,9,11-15,21H,5-6,8,10H2,1-4H3/b17-9+/t21-/m0/s1. The molecular weight excluding hydrogens is 312 g/mol. The molecule has 0 fully saturated rings. The minimum atomic E-state index is -0.281. The van der Waals surface area contributed by atoms with Crippen LogP contribution in [0.4, 0.5) is 0 Å². The van der Waals surface area contributed by atoms with Gasteiger partial charge in [0, 0.05) is 5.57 Å².